The second-order valence-electron chi connectivity index (χ2n) is 12.6. The summed E-state index contributed by atoms with van der Waals surface area (Å²) in [6.45, 7) is 9.37. The Bertz CT molecular complexity index is 1490. The van der Waals surface area contributed by atoms with Crippen LogP contribution in [0.2, 0.25) is 0 Å². The number of nitrogens with one attached hydrogen (secondary N) is 1. The molecule has 0 radical (unpaired) electrons. The predicted molar refractivity (Wildman–Crippen MR) is 190 cm³/mol. The molecule has 2 saturated heterocycles. The zero-order valence-corrected chi connectivity index (χ0v) is 30.2. The average molecular weight is 729 g/mol. The number of nitrogens with zero attached hydrogens (tertiary/aromatic N) is 1. The lowest BCUT2D eigenvalue weighted by atomic mass is 9.90. The molecule has 12 nitrogen and oxygen atoms in total. The van der Waals surface area contributed by atoms with E-state index in [9.17, 15) is 13.5 Å². The summed E-state index contributed by atoms with van der Waals surface area (Å²) in [7, 11) is -3.64. The van der Waals surface area contributed by atoms with Gasteiger partial charge in [-0.15, -0.1) is 0 Å². The fraction of sp³-hybridized carbons (Fsp3) is 0.526. The first-order valence-corrected chi connectivity index (χ1v) is 19.2. The highest BCUT2D eigenvalue weighted by molar-refractivity contribution is 7.89. The van der Waals surface area contributed by atoms with Crippen LogP contribution in [0.4, 0.5) is 0 Å². The molecule has 2 aliphatic heterocycles. The average Bonchev–Trinajstić information content (AvgIpc) is 3.16. The normalized spacial score (nSPS) is 24.4. The summed E-state index contributed by atoms with van der Waals surface area (Å²) in [6, 6.07) is 23.8. The fourth-order valence-electron chi connectivity index (χ4n) is 5.90. The van der Waals surface area contributed by atoms with Gasteiger partial charge in [-0.25, -0.2) is 13.1 Å². The van der Waals surface area contributed by atoms with Gasteiger partial charge in [-0.1, -0.05) is 73.7 Å². The number of benzene rings is 3. The molecule has 0 saturated carbocycles. The molecule has 0 aromatic heterocycles. The van der Waals surface area contributed by atoms with Crippen molar-refractivity contribution in [2.45, 2.75) is 43.5 Å². The van der Waals surface area contributed by atoms with E-state index in [1.807, 2.05) is 48.5 Å². The standard InChI is InChI=1S/C38H52N2O10S/c1-30-36(28-40-15-17-44-19-21-46-23-25-48-26-24-47-22-20-45-18-16-40)49-38(50-37(30)33-11-9-32(29-41)10-12-33)34-13-7-31(8-14-34)27-39-51(42,43)35-5-3-2-4-6-35/h2-14,30,36-39,41H,15-29H2,1H3. The van der Waals surface area contributed by atoms with Crippen molar-refractivity contribution in [2.24, 2.45) is 5.92 Å². The van der Waals surface area contributed by atoms with Crippen LogP contribution in [-0.4, -0.2) is 110 Å². The molecule has 0 spiro atoms. The van der Waals surface area contributed by atoms with E-state index in [1.54, 1.807) is 30.3 Å². The molecule has 51 heavy (non-hydrogen) atoms. The van der Waals surface area contributed by atoms with Gasteiger partial charge in [0.15, 0.2) is 6.29 Å². The van der Waals surface area contributed by atoms with Crippen molar-refractivity contribution in [3.05, 3.63) is 101 Å². The number of sulfonamides is 1. The van der Waals surface area contributed by atoms with Gasteiger partial charge in [0.1, 0.15) is 0 Å². The first-order valence-electron chi connectivity index (χ1n) is 17.7. The summed E-state index contributed by atoms with van der Waals surface area (Å²) in [4.78, 5) is 2.52. The Morgan fingerprint density at radius 2 is 1.18 bits per heavy atom. The van der Waals surface area contributed by atoms with Crippen molar-refractivity contribution >= 4 is 10.0 Å². The van der Waals surface area contributed by atoms with Gasteiger partial charge in [0, 0.05) is 37.7 Å². The lowest BCUT2D eigenvalue weighted by molar-refractivity contribution is -0.276. The van der Waals surface area contributed by atoms with E-state index >= 15 is 0 Å². The third kappa shape index (κ3) is 12.7. The van der Waals surface area contributed by atoms with Crippen molar-refractivity contribution in [2.75, 3.05) is 85.7 Å². The molecule has 0 bridgehead atoms. The maximum Gasteiger partial charge on any atom is 0.240 e. The van der Waals surface area contributed by atoms with Gasteiger partial charge in [-0.3, -0.25) is 4.90 Å². The van der Waals surface area contributed by atoms with Crippen LogP contribution in [0.5, 0.6) is 0 Å². The first kappa shape index (κ1) is 39.4. The predicted octanol–water partition coefficient (Wildman–Crippen LogP) is 3.85. The van der Waals surface area contributed by atoms with Crippen LogP contribution >= 0.6 is 0 Å². The van der Waals surface area contributed by atoms with E-state index in [1.165, 1.54) is 0 Å². The number of rotatable bonds is 9. The van der Waals surface area contributed by atoms with Gasteiger partial charge < -0.3 is 38.3 Å². The summed E-state index contributed by atoms with van der Waals surface area (Å²) < 4.78 is 70.1. The summed E-state index contributed by atoms with van der Waals surface area (Å²) in [5.41, 5.74) is 3.47. The van der Waals surface area contributed by atoms with Crippen LogP contribution in [-0.2, 0) is 56.3 Å². The number of aliphatic hydroxyl groups is 1. The summed E-state index contributed by atoms with van der Waals surface area (Å²) >= 11 is 0. The molecule has 2 aliphatic rings. The number of hydrogen-bond donors (Lipinski definition) is 2. The SMILES string of the molecule is CC1C(CN2CCOCCOCCOCCOCCOCC2)OC(c2ccc(CNS(=O)(=O)c3ccccc3)cc2)OC1c1ccc(CO)cc1. The molecule has 2 fully saturated rings. The van der Waals surface area contributed by atoms with E-state index in [-0.39, 0.29) is 36.2 Å². The molecule has 3 aromatic carbocycles. The summed E-state index contributed by atoms with van der Waals surface area (Å²) in [5.74, 6) is -0.00760. The molecule has 2 N–H and O–H groups in total. The quantitative estimate of drug-likeness (QED) is 0.333. The lowest BCUT2D eigenvalue weighted by Crippen LogP contribution is -2.46. The second-order valence-corrected chi connectivity index (χ2v) is 14.3. The maximum absolute atomic E-state index is 12.7. The fourth-order valence-corrected chi connectivity index (χ4v) is 6.94. The minimum Gasteiger partial charge on any atom is -0.392 e. The van der Waals surface area contributed by atoms with Gasteiger partial charge >= 0.3 is 0 Å². The molecule has 0 aliphatic carbocycles. The summed E-state index contributed by atoms with van der Waals surface area (Å²) in [5, 5.41) is 9.63. The third-order valence-corrected chi connectivity index (χ3v) is 10.3. The van der Waals surface area contributed by atoms with Crippen molar-refractivity contribution in [1.29, 1.82) is 0 Å². The van der Waals surface area contributed by atoms with Crippen molar-refractivity contribution < 1.29 is 46.7 Å². The minimum atomic E-state index is -3.64. The van der Waals surface area contributed by atoms with Crippen LogP contribution in [0.1, 0.15) is 41.6 Å². The van der Waals surface area contributed by atoms with E-state index in [0.29, 0.717) is 85.7 Å². The molecule has 13 heteroatoms. The third-order valence-electron chi connectivity index (χ3n) is 8.92. The Labute approximate surface area is 301 Å². The van der Waals surface area contributed by atoms with Gasteiger partial charge in [-0.2, -0.15) is 0 Å². The molecule has 4 atom stereocenters. The lowest BCUT2D eigenvalue weighted by Gasteiger charge is -2.43. The van der Waals surface area contributed by atoms with Crippen molar-refractivity contribution in [1.82, 2.24) is 9.62 Å². The number of hydrogen-bond acceptors (Lipinski definition) is 11. The van der Waals surface area contributed by atoms with E-state index in [4.69, 9.17) is 33.2 Å². The zero-order chi connectivity index (χ0) is 35.7. The van der Waals surface area contributed by atoms with Crippen LogP contribution in [0.3, 0.4) is 0 Å². The molecule has 0 amide bonds. The highest BCUT2D eigenvalue weighted by Gasteiger charge is 2.39. The minimum absolute atomic E-state index is 0.00760. The molecule has 5 rings (SSSR count). The number of aliphatic hydroxyl groups excluding tert-OH is 1. The van der Waals surface area contributed by atoms with E-state index in [2.05, 4.69) is 16.5 Å². The van der Waals surface area contributed by atoms with Crippen LogP contribution in [0, 0.1) is 5.92 Å². The second kappa shape index (κ2) is 21.0. The van der Waals surface area contributed by atoms with Crippen LogP contribution in [0.25, 0.3) is 0 Å². The Balaban J connectivity index is 1.27. The molecular formula is C38H52N2O10S. The summed E-state index contributed by atoms with van der Waals surface area (Å²) in [6.07, 6.45) is -1.13. The maximum atomic E-state index is 12.7. The smallest absolute Gasteiger partial charge is 0.240 e. The first-order chi connectivity index (χ1) is 24.9. The van der Waals surface area contributed by atoms with Crippen molar-refractivity contribution in [3.63, 3.8) is 0 Å². The molecule has 4 unspecified atom stereocenters. The molecular weight excluding hydrogens is 676 g/mol. The Morgan fingerprint density at radius 1 is 0.667 bits per heavy atom. The molecule has 2 heterocycles. The zero-order valence-electron chi connectivity index (χ0n) is 29.4. The van der Waals surface area contributed by atoms with Gasteiger partial charge in [0.05, 0.1) is 89.8 Å². The largest absolute Gasteiger partial charge is 0.392 e. The van der Waals surface area contributed by atoms with Crippen LogP contribution < -0.4 is 4.72 Å². The Morgan fingerprint density at radius 3 is 1.73 bits per heavy atom. The van der Waals surface area contributed by atoms with Gasteiger partial charge in [-0.05, 0) is 28.8 Å². The highest BCUT2D eigenvalue weighted by Crippen LogP contribution is 2.42. The topological polar surface area (TPSA) is 134 Å². The Kier molecular flexibility index (Phi) is 16.3. The Hall–Kier alpha value is -2.79. The highest BCUT2D eigenvalue weighted by atomic mass is 32.2. The van der Waals surface area contributed by atoms with Crippen LogP contribution in [0.15, 0.2) is 83.8 Å². The number of ether oxygens (including phenoxy) is 7. The van der Waals surface area contributed by atoms with E-state index < -0.39 is 16.3 Å². The van der Waals surface area contributed by atoms with Gasteiger partial charge in [0.2, 0.25) is 10.0 Å². The van der Waals surface area contributed by atoms with E-state index in [0.717, 1.165) is 22.3 Å². The molecule has 3 aromatic rings. The van der Waals surface area contributed by atoms with Gasteiger partial charge in [0.25, 0.3) is 0 Å². The monoisotopic (exact) mass is 728 g/mol. The molecule has 280 valence electrons. The van der Waals surface area contributed by atoms with Crippen molar-refractivity contribution in [3.8, 4) is 0 Å².